The van der Waals surface area contributed by atoms with Crippen molar-refractivity contribution in [2.75, 3.05) is 57.2 Å². The van der Waals surface area contributed by atoms with Gasteiger partial charge in [0.2, 0.25) is 17.8 Å². The molecule has 0 aliphatic heterocycles. The predicted octanol–water partition coefficient (Wildman–Crippen LogP) is 5.06. The van der Waals surface area contributed by atoms with E-state index in [2.05, 4.69) is 88.6 Å². The summed E-state index contributed by atoms with van der Waals surface area (Å²) >= 11 is 0. The predicted molar refractivity (Wildman–Crippen MR) is 144 cm³/mol. The first kappa shape index (κ1) is 25.4. The molecule has 0 aliphatic rings. The van der Waals surface area contributed by atoms with Crippen molar-refractivity contribution in [2.45, 2.75) is 32.6 Å². The molecule has 3 aromatic rings. The molecule has 1 aromatic heterocycles. The zero-order valence-corrected chi connectivity index (χ0v) is 21.2. The van der Waals surface area contributed by atoms with E-state index in [0.717, 1.165) is 35.4 Å². The third-order valence-corrected chi connectivity index (χ3v) is 5.48. The molecule has 4 N–H and O–H groups in total. The van der Waals surface area contributed by atoms with Gasteiger partial charge >= 0.3 is 0 Å². The van der Waals surface area contributed by atoms with Crippen LogP contribution in [0.2, 0.25) is 0 Å². The number of benzene rings is 2. The van der Waals surface area contributed by atoms with Gasteiger partial charge in [-0.1, -0.05) is 30.5 Å². The molecular formula is C26H39N8+. The molecule has 0 amide bonds. The van der Waals surface area contributed by atoms with Crippen molar-refractivity contribution in [3.63, 3.8) is 0 Å². The minimum atomic E-state index is 0.499. The van der Waals surface area contributed by atoms with E-state index in [4.69, 9.17) is 0 Å². The van der Waals surface area contributed by atoms with Gasteiger partial charge < -0.3 is 21.3 Å². The molecule has 1 heterocycles. The lowest BCUT2D eigenvalue weighted by molar-refractivity contribution is 0.486. The number of nitrogens with one attached hydrogen (secondary N) is 4. The van der Waals surface area contributed by atoms with Crippen LogP contribution in [0.15, 0.2) is 48.5 Å². The minimum absolute atomic E-state index is 0.499. The zero-order chi connectivity index (χ0) is 24.4. The van der Waals surface area contributed by atoms with Gasteiger partial charge in [0.15, 0.2) is 0 Å². The van der Waals surface area contributed by atoms with Gasteiger partial charge in [-0.25, -0.2) is 0 Å². The summed E-state index contributed by atoms with van der Waals surface area (Å²) in [7, 11) is 8.44. The largest absolute Gasteiger partial charge is 0.354 e. The van der Waals surface area contributed by atoms with Gasteiger partial charge in [0.05, 0.1) is 21.1 Å². The molecule has 0 bridgehead atoms. The molecule has 3 rings (SSSR count). The Labute approximate surface area is 203 Å². The highest BCUT2D eigenvalue weighted by Gasteiger charge is 2.12. The van der Waals surface area contributed by atoms with Crippen molar-refractivity contribution < 1.29 is 0 Å². The molecule has 182 valence electrons. The molecule has 0 saturated heterocycles. The SMILES string of the molecule is CNCCCCCCNc1nc(Nc2ccc(C)cc2)nc(Nc2ccc([N+](C)(C)C)cc2)n1. The Balaban J connectivity index is 1.71. The van der Waals surface area contributed by atoms with Gasteiger partial charge in [-0.2, -0.15) is 15.0 Å². The average Bonchev–Trinajstić information content (AvgIpc) is 2.80. The maximum atomic E-state index is 4.60. The number of aromatic nitrogens is 3. The summed E-state index contributed by atoms with van der Waals surface area (Å²) in [6, 6.07) is 16.5. The van der Waals surface area contributed by atoms with Crippen LogP contribution < -0.4 is 25.8 Å². The number of hydrogen-bond acceptors (Lipinski definition) is 7. The van der Waals surface area contributed by atoms with Crippen LogP contribution >= 0.6 is 0 Å². The Morgan fingerprint density at radius 2 is 1.15 bits per heavy atom. The van der Waals surface area contributed by atoms with E-state index in [-0.39, 0.29) is 0 Å². The Bertz CT molecular complexity index is 1010. The topological polar surface area (TPSA) is 86.8 Å². The van der Waals surface area contributed by atoms with Crippen LogP contribution in [0, 0.1) is 6.92 Å². The molecular weight excluding hydrogens is 424 g/mol. The summed E-state index contributed by atoms with van der Waals surface area (Å²) in [4.78, 5) is 13.8. The summed E-state index contributed by atoms with van der Waals surface area (Å²) in [6.07, 6.45) is 4.67. The molecule has 8 nitrogen and oxygen atoms in total. The summed E-state index contributed by atoms with van der Waals surface area (Å²) in [6.45, 7) is 3.96. The quantitative estimate of drug-likeness (QED) is 0.208. The fourth-order valence-corrected chi connectivity index (χ4v) is 3.43. The molecule has 0 fully saturated rings. The number of anilines is 5. The van der Waals surface area contributed by atoms with E-state index in [0.29, 0.717) is 17.8 Å². The van der Waals surface area contributed by atoms with Crippen LogP contribution in [0.25, 0.3) is 0 Å². The van der Waals surface area contributed by atoms with E-state index < -0.39 is 0 Å². The average molecular weight is 464 g/mol. The van der Waals surface area contributed by atoms with Crippen LogP contribution in [-0.2, 0) is 0 Å². The summed E-state index contributed by atoms with van der Waals surface area (Å²) in [5, 5.41) is 13.2. The van der Waals surface area contributed by atoms with Gasteiger partial charge in [-0.3, -0.25) is 4.48 Å². The number of quaternary nitrogens is 1. The van der Waals surface area contributed by atoms with Gasteiger partial charge in [-0.15, -0.1) is 0 Å². The fraction of sp³-hybridized carbons (Fsp3) is 0.423. The Kier molecular flexibility index (Phi) is 9.18. The first-order valence-corrected chi connectivity index (χ1v) is 12.0. The van der Waals surface area contributed by atoms with Crippen molar-refractivity contribution in [1.29, 1.82) is 0 Å². The second-order valence-corrected chi connectivity index (χ2v) is 9.43. The van der Waals surface area contributed by atoms with Gasteiger partial charge in [0, 0.05) is 30.1 Å². The number of rotatable bonds is 13. The van der Waals surface area contributed by atoms with Crippen LogP contribution in [0.5, 0.6) is 0 Å². The van der Waals surface area contributed by atoms with Crippen molar-refractivity contribution >= 4 is 34.9 Å². The van der Waals surface area contributed by atoms with E-state index in [1.807, 2.05) is 31.3 Å². The van der Waals surface area contributed by atoms with Crippen LogP contribution in [-0.4, -0.2) is 56.2 Å². The van der Waals surface area contributed by atoms with Gasteiger partial charge in [0.25, 0.3) is 0 Å². The highest BCUT2D eigenvalue weighted by Crippen LogP contribution is 2.23. The van der Waals surface area contributed by atoms with Crippen LogP contribution in [0.3, 0.4) is 0 Å². The summed E-state index contributed by atoms with van der Waals surface area (Å²) in [5.41, 5.74) is 4.30. The number of nitrogens with zero attached hydrogens (tertiary/aromatic N) is 4. The molecule has 0 saturated carbocycles. The first-order chi connectivity index (χ1) is 16.3. The smallest absolute Gasteiger partial charge is 0.233 e. The molecule has 2 aromatic carbocycles. The van der Waals surface area contributed by atoms with Crippen molar-refractivity contribution in [2.24, 2.45) is 0 Å². The number of aryl methyl sites for hydroxylation is 1. The van der Waals surface area contributed by atoms with E-state index in [1.54, 1.807) is 0 Å². The second-order valence-electron chi connectivity index (χ2n) is 9.43. The van der Waals surface area contributed by atoms with Crippen molar-refractivity contribution in [1.82, 2.24) is 24.8 Å². The summed E-state index contributed by atoms with van der Waals surface area (Å²) in [5.74, 6) is 1.56. The minimum Gasteiger partial charge on any atom is -0.354 e. The molecule has 0 unspecified atom stereocenters. The first-order valence-electron chi connectivity index (χ1n) is 12.0. The van der Waals surface area contributed by atoms with E-state index in [1.165, 1.54) is 30.5 Å². The third kappa shape index (κ3) is 8.28. The molecule has 0 aliphatic carbocycles. The highest BCUT2D eigenvalue weighted by molar-refractivity contribution is 5.61. The normalized spacial score (nSPS) is 11.3. The second kappa shape index (κ2) is 12.3. The van der Waals surface area contributed by atoms with Crippen molar-refractivity contribution in [3.8, 4) is 0 Å². The lowest BCUT2D eigenvalue weighted by Crippen LogP contribution is -2.34. The Morgan fingerprint density at radius 3 is 1.68 bits per heavy atom. The van der Waals surface area contributed by atoms with Gasteiger partial charge in [0.1, 0.15) is 5.69 Å². The maximum absolute atomic E-state index is 4.60. The zero-order valence-electron chi connectivity index (χ0n) is 21.2. The number of hydrogen-bond donors (Lipinski definition) is 4. The van der Waals surface area contributed by atoms with Crippen LogP contribution in [0.4, 0.5) is 34.9 Å². The molecule has 0 spiro atoms. The van der Waals surface area contributed by atoms with Crippen molar-refractivity contribution in [3.05, 3.63) is 54.1 Å². The molecule has 34 heavy (non-hydrogen) atoms. The van der Waals surface area contributed by atoms with Gasteiger partial charge in [-0.05, 0) is 57.6 Å². The lowest BCUT2D eigenvalue weighted by atomic mass is 10.2. The van der Waals surface area contributed by atoms with E-state index >= 15 is 0 Å². The molecule has 8 heteroatoms. The van der Waals surface area contributed by atoms with Crippen LogP contribution in [0.1, 0.15) is 31.2 Å². The Hall–Kier alpha value is -3.23. The van der Waals surface area contributed by atoms with E-state index in [9.17, 15) is 0 Å². The Morgan fingerprint density at radius 1 is 0.647 bits per heavy atom. The highest BCUT2D eigenvalue weighted by atomic mass is 15.3. The number of unbranched alkanes of at least 4 members (excludes halogenated alkanes) is 3. The monoisotopic (exact) mass is 463 g/mol. The standard InChI is InChI=1S/C26H39N8/c1-20-10-12-21(13-11-20)29-25-31-24(28-19-9-7-6-8-18-27-2)32-26(33-25)30-22-14-16-23(17-15-22)34(3,4)5/h10-17,27H,6-9,18-19H2,1-5H3,(H3,28,29,30,31,32,33)/q+1. The third-order valence-electron chi connectivity index (χ3n) is 5.48. The summed E-state index contributed by atoms with van der Waals surface area (Å²) < 4.78 is 0.764. The molecule has 0 radical (unpaired) electrons. The lowest BCUT2D eigenvalue weighted by Gasteiger charge is -2.23. The molecule has 0 atom stereocenters. The maximum Gasteiger partial charge on any atom is 0.233 e. The fourth-order valence-electron chi connectivity index (χ4n) is 3.43.